The van der Waals surface area contributed by atoms with Gasteiger partial charge < -0.3 is 20.4 Å². The third kappa shape index (κ3) is 6.40. The first kappa shape index (κ1) is 24.9. The van der Waals surface area contributed by atoms with Gasteiger partial charge in [0.2, 0.25) is 0 Å². The topological polar surface area (TPSA) is 42.9 Å². The van der Waals surface area contributed by atoms with Crippen molar-refractivity contribution in [2.24, 2.45) is 4.99 Å². The van der Waals surface area contributed by atoms with Crippen molar-refractivity contribution in [3.05, 3.63) is 59.7 Å². The van der Waals surface area contributed by atoms with E-state index in [1.54, 1.807) is 7.05 Å². The fourth-order valence-electron chi connectivity index (χ4n) is 4.05. The Morgan fingerprint density at radius 2 is 1.81 bits per heavy atom. The first-order valence-electron chi connectivity index (χ1n) is 10.7. The van der Waals surface area contributed by atoms with E-state index in [2.05, 4.69) is 44.8 Å². The van der Waals surface area contributed by atoms with E-state index < -0.39 is 11.6 Å². The predicted molar refractivity (Wildman–Crippen MR) is 142 cm³/mol. The van der Waals surface area contributed by atoms with Gasteiger partial charge in [0.25, 0.3) is 0 Å². The molecule has 5 nitrogen and oxygen atoms in total. The van der Waals surface area contributed by atoms with Crippen LogP contribution in [0.4, 0.5) is 20.2 Å². The molecule has 0 saturated carbocycles. The molecule has 2 aromatic rings. The van der Waals surface area contributed by atoms with E-state index in [1.165, 1.54) is 34.9 Å². The Bertz CT molecular complexity index is 906. The zero-order valence-electron chi connectivity index (χ0n) is 18.2. The molecule has 2 aromatic carbocycles. The Labute approximate surface area is 210 Å². The molecule has 2 saturated heterocycles. The fraction of sp³-hybridized carbons (Fsp3) is 0.435. The molecule has 2 fully saturated rings. The summed E-state index contributed by atoms with van der Waals surface area (Å²) in [6.07, 6.45) is 0.861. The van der Waals surface area contributed by atoms with Crippen LogP contribution in [0.1, 0.15) is 12.0 Å². The second-order valence-electron chi connectivity index (χ2n) is 7.86. The molecule has 174 valence electrons. The summed E-state index contributed by atoms with van der Waals surface area (Å²) >= 11 is 2.01. The van der Waals surface area contributed by atoms with Gasteiger partial charge in [-0.1, -0.05) is 12.1 Å². The summed E-state index contributed by atoms with van der Waals surface area (Å²) in [7, 11) is 1.75. The molecule has 0 bridgehead atoms. The van der Waals surface area contributed by atoms with Gasteiger partial charge in [0, 0.05) is 69.1 Å². The van der Waals surface area contributed by atoms with Crippen molar-refractivity contribution in [3.8, 4) is 0 Å². The third-order valence-electron chi connectivity index (χ3n) is 5.78. The van der Waals surface area contributed by atoms with Gasteiger partial charge in [-0.3, -0.25) is 4.99 Å². The van der Waals surface area contributed by atoms with E-state index in [9.17, 15) is 8.78 Å². The Morgan fingerprint density at radius 1 is 1.06 bits per heavy atom. The van der Waals surface area contributed by atoms with Gasteiger partial charge in [0.1, 0.15) is 11.6 Å². The number of aliphatic imine (C=N–C) groups is 1. The van der Waals surface area contributed by atoms with Crippen LogP contribution in [0.15, 0.2) is 47.5 Å². The SMILES string of the molecule is CN=C(NCc1ccc(N2CCSCC2)cc1)NC1CCN(c2ccc(F)cc2F)C1.I. The molecule has 2 aliphatic rings. The van der Waals surface area contributed by atoms with Gasteiger partial charge in [-0.25, -0.2) is 8.78 Å². The van der Waals surface area contributed by atoms with E-state index in [4.69, 9.17) is 0 Å². The lowest BCUT2D eigenvalue weighted by atomic mass is 10.2. The second kappa shape index (κ2) is 11.9. The van der Waals surface area contributed by atoms with Crippen molar-refractivity contribution < 1.29 is 8.78 Å². The van der Waals surface area contributed by atoms with Crippen molar-refractivity contribution in [3.63, 3.8) is 0 Å². The van der Waals surface area contributed by atoms with Crippen LogP contribution in [0.3, 0.4) is 0 Å². The van der Waals surface area contributed by atoms with E-state index in [0.717, 1.165) is 31.5 Å². The van der Waals surface area contributed by atoms with Crippen LogP contribution in [0, 0.1) is 11.6 Å². The van der Waals surface area contributed by atoms with Crippen molar-refractivity contribution >= 4 is 53.1 Å². The molecule has 1 unspecified atom stereocenters. The molecule has 0 aliphatic carbocycles. The van der Waals surface area contributed by atoms with Crippen LogP contribution in [0.5, 0.6) is 0 Å². The number of hydrogen-bond acceptors (Lipinski definition) is 4. The number of hydrogen-bond donors (Lipinski definition) is 2. The zero-order chi connectivity index (χ0) is 21.6. The molecule has 4 rings (SSSR count). The van der Waals surface area contributed by atoms with Crippen LogP contribution < -0.4 is 20.4 Å². The quantitative estimate of drug-likeness (QED) is 0.321. The van der Waals surface area contributed by atoms with Crippen LogP contribution in [-0.4, -0.2) is 56.7 Å². The van der Waals surface area contributed by atoms with E-state index in [1.807, 2.05) is 16.7 Å². The Hall–Kier alpha value is -1.75. The highest BCUT2D eigenvalue weighted by Crippen LogP contribution is 2.24. The number of guanidine groups is 1. The van der Waals surface area contributed by atoms with Crippen LogP contribution in [-0.2, 0) is 6.54 Å². The highest BCUT2D eigenvalue weighted by Gasteiger charge is 2.25. The fourth-order valence-corrected chi connectivity index (χ4v) is 4.96. The van der Waals surface area contributed by atoms with E-state index >= 15 is 0 Å². The van der Waals surface area contributed by atoms with Crippen molar-refractivity contribution in [2.75, 3.05) is 54.5 Å². The average Bonchev–Trinajstić information content (AvgIpc) is 3.25. The minimum Gasteiger partial charge on any atom is -0.370 e. The van der Waals surface area contributed by atoms with Gasteiger partial charge >= 0.3 is 0 Å². The summed E-state index contributed by atoms with van der Waals surface area (Å²) in [6, 6.07) is 12.6. The van der Waals surface area contributed by atoms with Crippen molar-refractivity contribution in [1.82, 2.24) is 10.6 Å². The van der Waals surface area contributed by atoms with Gasteiger partial charge in [-0.05, 0) is 36.2 Å². The largest absolute Gasteiger partial charge is 0.370 e. The van der Waals surface area contributed by atoms with Crippen LogP contribution in [0.25, 0.3) is 0 Å². The standard InChI is InChI=1S/C23H29F2N5S.HI/c1-26-23(27-15-17-2-5-20(6-3-17)29-10-12-31-13-11-29)28-19-8-9-30(16-19)22-7-4-18(24)14-21(22)25;/h2-7,14,19H,8-13,15-16H2,1H3,(H2,26,27,28);1H. The molecule has 0 spiro atoms. The highest BCUT2D eigenvalue weighted by atomic mass is 127. The molecule has 9 heteroatoms. The summed E-state index contributed by atoms with van der Waals surface area (Å²) in [6.45, 7) is 4.26. The lowest BCUT2D eigenvalue weighted by Crippen LogP contribution is -2.44. The molecule has 2 aliphatic heterocycles. The maximum absolute atomic E-state index is 14.1. The van der Waals surface area contributed by atoms with Crippen LogP contribution >= 0.6 is 35.7 Å². The number of anilines is 2. The van der Waals surface area contributed by atoms with Gasteiger partial charge in [-0.2, -0.15) is 11.8 Å². The summed E-state index contributed by atoms with van der Waals surface area (Å²) in [5, 5.41) is 6.78. The zero-order valence-corrected chi connectivity index (χ0v) is 21.3. The Morgan fingerprint density at radius 3 is 2.50 bits per heavy atom. The van der Waals surface area contributed by atoms with Gasteiger partial charge in [0.15, 0.2) is 5.96 Å². The lowest BCUT2D eigenvalue weighted by molar-refractivity contribution is 0.580. The lowest BCUT2D eigenvalue weighted by Gasteiger charge is -2.28. The van der Waals surface area contributed by atoms with Crippen molar-refractivity contribution in [2.45, 2.75) is 19.0 Å². The van der Waals surface area contributed by atoms with Gasteiger partial charge in [-0.15, -0.1) is 24.0 Å². The van der Waals surface area contributed by atoms with Crippen LogP contribution in [0.2, 0.25) is 0 Å². The normalized spacial score (nSPS) is 19.0. The third-order valence-corrected chi connectivity index (χ3v) is 6.72. The number of halogens is 3. The molecule has 2 heterocycles. The maximum atomic E-state index is 14.1. The predicted octanol–water partition coefficient (Wildman–Crippen LogP) is 4.08. The number of benzene rings is 2. The molecular formula is C23H30F2IN5S. The second-order valence-corrected chi connectivity index (χ2v) is 9.09. The monoisotopic (exact) mass is 573 g/mol. The Balaban J connectivity index is 0.00000289. The molecule has 32 heavy (non-hydrogen) atoms. The molecule has 2 N–H and O–H groups in total. The first-order chi connectivity index (χ1) is 15.1. The summed E-state index contributed by atoms with van der Waals surface area (Å²) in [5.74, 6) is 2.04. The minimum absolute atomic E-state index is 0. The first-order valence-corrected chi connectivity index (χ1v) is 11.9. The number of nitrogens with zero attached hydrogens (tertiary/aromatic N) is 3. The average molecular weight is 573 g/mol. The van der Waals surface area contributed by atoms with E-state index in [0.29, 0.717) is 25.3 Å². The van der Waals surface area contributed by atoms with Gasteiger partial charge in [0.05, 0.1) is 5.69 Å². The summed E-state index contributed by atoms with van der Waals surface area (Å²) in [5.41, 5.74) is 2.92. The number of thioether (sulfide) groups is 1. The summed E-state index contributed by atoms with van der Waals surface area (Å²) in [4.78, 5) is 8.70. The molecule has 0 radical (unpaired) electrons. The Kier molecular flexibility index (Phi) is 9.27. The molecular weight excluding hydrogens is 543 g/mol. The summed E-state index contributed by atoms with van der Waals surface area (Å²) < 4.78 is 27.2. The van der Waals surface area contributed by atoms with Crippen molar-refractivity contribution in [1.29, 1.82) is 0 Å². The van der Waals surface area contributed by atoms with E-state index in [-0.39, 0.29) is 30.0 Å². The molecule has 0 amide bonds. The number of nitrogens with one attached hydrogen (secondary N) is 2. The maximum Gasteiger partial charge on any atom is 0.191 e. The molecule has 0 aromatic heterocycles. The highest BCUT2D eigenvalue weighted by molar-refractivity contribution is 14.0. The smallest absolute Gasteiger partial charge is 0.191 e. The molecule has 1 atom stereocenters. The number of rotatable bonds is 5. The minimum atomic E-state index is -0.553.